The Labute approximate surface area is 109 Å². The molecule has 0 aromatic carbocycles. The van der Waals surface area contributed by atoms with Crippen molar-refractivity contribution in [1.82, 2.24) is 5.32 Å². The fraction of sp³-hybridized carbons (Fsp3) is 0.909. The molecular weight excluding hydrogens is 256 g/mol. The molecule has 2 unspecified atom stereocenters. The number of nitrogens with zero attached hydrogens (tertiary/aromatic N) is 1. The highest BCUT2D eigenvalue weighted by Crippen LogP contribution is 2.21. The lowest BCUT2D eigenvalue weighted by Crippen LogP contribution is -2.38. The van der Waals surface area contributed by atoms with E-state index in [1.165, 1.54) is 6.26 Å². The Hall–Kier alpha value is -0.230. The van der Waals surface area contributed by atoms with Gasteiger partial charge in [-0.05, 0) is 19.3 Å². The van der Waals surface area contributed by atoms with Crippen molar-refractivity contribution in [3.8, 4) is 0 Å². The fourth-order valence-electron chi connectivity index (χ4n) is 1.80. The van der Waals surface area contributed by atoms with Crippen molar-refractivity contribution in [2.45, 2.75) is 39.3 Å². The minimum absolute atomic E-state index is 0.0813. The maximum Gasteiger partial charge on any atom is 0.157 e. The SMILES string of the molecule is CC(CS(C)(=O)=O)NC1=NC(C(C)C)CCS1. The summed E-state index contributed by atoms with van der Waals surface area (Å²) in [7, 11) is -2.93. The third kappa shape index (κ3) is 5.77. The first kappa shape index (κ1) is 14.8. The van der Waals surface area contributed by atoms with Crippen LogP contribution in [0.3, 0.4) is 0 Å². The predicted molar refractivity (Wildman–Crippen MR) is 75.4 cm³/mol. The maximum absolute atomic E-state index is 11.2. The zero-order chi connectivity index (χ0) is 13.1. The van der Waals surface area contributed by atoms with Crippen LogP contribution in [-0.2, 0) is 9.84 Å². The van der Waals surface area contributed by atoms with Crippen LogP contribution in [0.15, 0.2) is 4.99 Å². The van der Waals surface area contributed by atoms with Crippen molar-refractivity contribution in [3.05, 3.63) is 0 Å². The van der Waals surface area contributed by atoms with Gasteiger partial charge in [0.25, 0.3) is 0 Å². The average molecular weight is 278 g/mol. The molecule has 100 valence electrons. The molecule has 0 amide bonds. The summed E-state index contributed by atoms with van der Waals surface area (Å²) in [5.74, 6) is 1.75. The molecule has 6 heteroatoms. The van der Waals surface area contributed by atoms with E-state index in [9.17, 15) is 8.42 Å². The maximum atomic E-state index is 11.2. The van der Waals surface area contributed by atoms with E-state index in [-0.39, 0.29) is 11.8 Å². The van der Waals surface area contributed by atoms with Gasteiger partial charge in [0.2, 0.25) is 0 Å². The van der Waals surface area contributed by atoms with Gasteiger partial charge < -0.3 is 5.32 Å². The molecule has 0 saturated carbocycles. The Morgan fingerprint density at radius 1 is 1.47 bits per heavy atom. The lowest BCUT2D eigenvalue weighted by Gasteiger charge is -2.25. The monoisotopic (exact) mass is 278 g/mol. The van der Waals surface area contributed by atoms with Crippen molar-refractivity contribution in [2.75, 3.05) is 17.8 Å². The molecule has 0 fully saturated rings. The van der Waals surface area contributed by atoms with Gasteiger partial charge in [-0.15, -0.1) is 0 Å². The predicted octanol–water partition coefficient (Wildman–Crippen LogP) is 1.53. The summed E-state index contributed by atoms with van der Waals surface area (Å²) >= 11 is 1.68. The van der Waals surface area contributed by atoms with Crippen LogP contribution < -0.4 is 5.32 Å². The van der Waals surface area contributed by atoms with Gasteiger partial charge in [-0.1, -0.05) is 25.6 Å². The van der Waals surface area contributed by atoms with Crippen LogP contribution in [0.4, 0.5) is 0 Å². The van der Waals surface area contributed by atoms with E-state index in [2.05, 4.69) is 24.2 Å². The first-order valence-corrected chi connectivity index (χ1v) is 8.97. The molecule has 1 aliphatic rings. The van der Waals surface area contributed by atoms with Crippen molar-refractivity contribution >= 4 is 26.8 Å². The number of hydrogen-bond acceptors (Lipinski definition) is 5. The van der Waals surface area contributed by atoms with E-state index in [1.54, 1.807) is 11.8 Å². The van der Waals surface area contributed by atoms with Gasteiger partial charge in [0.1, 0.15) is 9.84 Å². The zero-order valence-electron chi connectivity index (χ0n) is 10.9. The van der Waals surface area contributed by atoms with E-state index >= 15 is 0 Å². The van der Waals surface area contributed by atoms with Gasteiger partial charge in [0, 0.05) is 18.1 Å². The molecule has 4 nitrogen and oxygen atoms in total. The first-order valence-electron chi connectivity index (χ1n) is 5.93. The molecular formula is C11H22N2O2S2. The highest BCUT2D eigenvalue weighted by atomic mass is 32.2. The Balaban J connectivity index is 2.56. The number of sulfone groups is 1. The van der Waals surface area contributed by atoms with E-state index < -0.39 is 9.84 Å². The van der Waals surface area contributed by atoms with Crippen molar-refractivity contribution in [3.63, 3.8) is 0 Å². The van der Waals surface area contributed by atoms with Crippen LogP contribution in [0.5, 0.6) is 0 Å². The molecule has 1 rings (SSSR count). The summed E-state index contributed by atoms with van der Waals surface area (Å²) in [6, 6.07) is 0.284. The Kier molecular flexibility index (Phi) is 5.31. The quantitative estimate of drug-likeness (QED) is 0.847. The molecule has 1 aliphatic heterocycles. The summed E-state index contributed by atoms with van der Waals surface area (Å²) in [6.45, 7) is 6.21. The summed E-state index contributed by atoms with van der Waals surface area (Å²) in [4.78, 5) is 4.62. The molecule has 0 spiro atoms. The van der Waals surface area contributed by atoms with Gasteiger partial charge in [-0.3, -0.25) is 4.99 Å². The van der Waals surface area contributed by atoms with E-state index in [0.717, 1.165) is 17.3 Å². The summed E-state index contributed by atoms with van der Waals surface area (Å²) in [5, 5.41) is 4.09. The van der Waals surface area contributed by atoms with Gasteiger partial charge in [-0.25, -0.2) is 8.42 Å². The van der Waals surface area contributed by atoms with Crippen LogP contribution in [-0.4, -0.2) is 43.4 Å². The molecule has 0 bridgehead atoms. The molecule has 1 heterocycles. The molecule has 0 aliphatic carbocycles. The normalized spacial score (nSPS) is 23.4. The van der Waals surface area contributed by atoms with Crippen molar-refractivity contribution in [1.29, 1.82) is 0 Å². The highest BCUT2D eigenvalue weighted by Gasteiger charge is 2.20. The largest absolute Gasteiger partial charge is 0.361 e. The number of rotatable bonds is 4. The van der Waals surface area contributed by atoms with Gasteiger partial charge in [0.15, 0.2) is 5.17 Å². The van der Waals surface area contributed by atoms with Gasteiger partial charge in [0.05, 0.1) is 11.8 Å². The molecule has 0 aromatic heterocycles. The third-order valence-corrected chi connectivity index (χ3v) is 4.67. The zero-order valence-corrected chi connectivity index (χ0v) is 12.6. The van der Waals surface area contributed by atoms with Crippen LogP contribution in [0.2, 0.25) is 0 Å². The molecule has 17 heavy (non-hydrogen) atoms. The Bertz CT molecular complexity index is 377. The minimum Gasteiger partial charge on any atom is -0.361 e. The van der Waals surface area contributed by atoms with Crippen LogP contribution in [0, 0.1) is 5.92 Å². The average Bonchev–Trinajstić information content (AvgIpc) is 2.14. The molecule has 1 N–H and O–H groups in total. The summed E-state index contributed by atoms with van der Waals surface area (Å²) in [6.07, 6.45) is 2.37. The van der Waals surface area contributed by atoms with E-state index in [1.807, 2.05) is 6.92 Å². The summed E-state index contributed by atoms with van der Waals surface area (Å²) in [5.41, 5.74) is 0. The second-order valence-electron chi connectivity index (χ2n) is 5.02. The Morgan fingerprint density at radius 3 is 2.65 bits per heavy atom. The van der Waals surface area contributed by atoms with Crippen molar-refractivity contribution < 1.29 is 8.42 Å². The fourth-order valence-corrected chi connectivity index (χ4v) is 3.84. The second kappa shape index (κ2) is 6.09. The minimum atomic E-state index is -2.93. The topological polar surface area (TPSA) is 58.5 Å². The van der Waals surface area contributed by atoms with Crippen LogP contribution in [0.25, 0.3) is 0 Å². The Morgan fingerprint density at radius 2 is 2.12 bits per heavy atom. The van der Waals surface area contributed by atoms with Gasteiger partial charge in [-0.2, -0.15) is 0 Å². The van der Waals surface area contributed by atoms with Crippen LogP contribution >= 0.6 is 11.8 Å². The van der Waals surface area contributed by atoms with Crippen LogP contribution in [0.1, 0.15) is 27.2 Å². The second-order valence-corrected chi connectivity index (χ2v) is 8.29. The molecule has 0 aromatic rings. The standard InChI is InChI=1S/C11H22N2O2S2/c1-8(2)10-5-6-16-11(13-10)12-9(3)7-17(4,14)15/h8-10H,5-7H2,1-4H3,(H,12,13). The molecule has 0 radical (unpaired) electrons. The van der Waals surface area contributed by atoms with E-state index in [0.29, 0.717) is 12.0 Å². The highest BCUT2D eigenvalue weighted by molar-refractivity contribution is 8.13. The summed E-state index contributed by atoms with van der Waals surface area (Å²) < 4.78 is 22.3. The number of aliphatic imine (C=N–C) groups is 1. The van der Waals surface area contributed by atoms with Gasteiger partial charge >= 0.3 is 0 Å². The first-order chi connectivity index (χ1) is 7.78. The van der Waals surface area contributed by atoms with Crippen molar-refractivity contribution in [2.24, 2.45) is 10.9 Å². The number of amidine groups is 1. The third-order valence-electron chi connectivity index (χ3n) is 2.63. The smallest absolute Gasteiger partial charge is 0.157 e. The number of hydrogen-bond donors (Lipinski definition) is 1. The lowest BCUT2D eigenvalue weighted by molar-refractivity contribution is 0.482. The lowest BCUT2D eigenvalue weighted by atomic mass is 10.0. The molecule has 2 atom stereocenters. The number of nitrogens with one attached hydrogen (secondary N) is 1. The number of thioether (sulfide) groups is 1. The van der Waals surface area contributed by atoms with E-state index in [4.69, 9.17) is 0 Å². The molecule has 0 saturated heterocycles.